The van der Waals surface area contributed by atoms with Crippen molar-refractivity contribution in [3.8, 4) is 5.69 Å². The summed E-state index contributed by atoms with van der Waals surface area (Å²) in [6, 6.07) is 14.4. The van der Waals surface area contributed by atoms with Crippen LogP contribution < -0.4 is 11.2 Å². The minimum absolute atomic E-state index is 0.371. The SMILES string of the molecule is Cc1cc(-n2ncc(=O)[nH]c2=O)cc(Cl)c1Cc1ccc(C(O)c2ccc(Cl)nc2)cc1. The van der Waals surface area contributed by atoms with Crippen LogP contribution in [0.25, 0.3) is 5.69 Å². The third-order valence-electron chi connectivity index (χ3n) is 5.10. The standard InChI is InChI=1S/C23H18Cl2N4O3/c1-13-8-17(29-23(32)28-21(30)12-27-29)10-19(24)18(13)9-14-2-4-15(5-3-14)22(31)16-6-7-20(25)26-11-16/h2-8,10-12,22,31H,9H2,1H3,(H,28,30,32). The lowest BCUT2D eigenvalue weighted by Crippen LogP contribution is -2.30. The number of aromatic nitrogens is 4. The van der Waals surface area contributed by atoms with Crippen LogP contribution in [0.1, 0.15) is 33.9 Å². The highest BCUT2D eigenvalue weighted by molar-refractivity contribution is 6.31. The van der Waals surface area contributed by atoms with E-state index in [0.29, 0.717) is 27.8 Å². The fourth-order valence-corrected chi connectivity index (χ4v) is 3.84. The summed E-state index contributed by atoms with van der Waals surface area (Å²) in [4.78, 5) is 29.4. The third kappa shape index (κ3) is 4.65. The monoisotopic (exact) mass is 468 g/mol. The molecule has 0 aliphatic rings. The maximum atomic E-state index is 12.0. The fraction of sp³-hybridized carbons (Fsp3) is 0.130. The molecule has 0 saturated carbocycles. The van der Waals surface area contributed by atoms with Gasteiger partial charge in [0.05, 0.1) is 5.69 Å². The van der Waals surface area contributed by atoms with Crippen molar-refractivity contribution >= 4 is 23.2 Å². The molecule has 0 aliphatic carbocycles. The Hall–Kier alpha value is -3.26. The minimum Gasteiger partial charge on any atom is -0.384 e. The lowest BCUT2D eigenvalue weighted by molar-refractivity contribution is 0.220. The predicted octanol–water partition coefficient (Wildman–Crippen LogP) is 3.60. The minimum atomic E-state index is -0.804. The van der Waals surface area contributed by atoms with E-state index >= 15 is 0 Å². The largest absolute Gasteiger partial charge is 0.384 e. The number of halogens is 2. The van der Waals surface area contributed by atoms with Crippen molar-refractivity contribution in [1.29, 1.82) is 0 Å². The molecule has 2 aromatic carbocycles. The number of aromatic amines is 1. The zero-order valence-corrected chi connectivity index (χ0v) is 18.4. The first-order chi connectivity index (χ1) is 15.3. The van der Waals surface area contributed by atoms with Gasteiger partial charge in [0.2, 0.25) is 0 Å². The molecule has 0 radical (unpaired) electrons. The van der Waals surface area contributed by atoms with Gasteiger partial charge in [0.15, 0.2) is 0 Å². The van der Waals surface area contributed by atoms with Gasteiger partial charge >= 0.3 is 5.69 Å². The van der Waals surface area contributed by atoms with Crippen molar-refractivity contribution in [2.45, 2.75) is 19.4 Å². The number of aliphatic hydroxyl groups excluding tert-OH is 1. The summed E-state index contributed by atoms with van der Waals surface area (Å²) >= 11 is 12.3. The lowest BCUT2D eigenvalue weighted by atomic mass is 9.97. The van der Waals surface area contributed by atoms with Crippen LogP contribution in [0.15, 0.2) is 70.5 Å². The molecule has 2 aromatic heterocycles. The number of H-pyrrole nitrogens is 1. The number of pyridine rings is 1. The summed E-state index contributed by atoms with van der Waals surface area (Å²) in [6.45, 7) is 1.90. The molecule has 0 saturated heterocycles. The van der Waals surface area contributed by atoms with E-state index in [1.54, 1.807) is 30.5 Å². The van der Waals surface area contributed by atoms with Crippen molar-refractivity contribution in [2.24, 2.45) is 0 Å². The molecule has 9 heteroatoms. The fourth-order valence-electron chi connectivity index (χ4n) is 3.40. The van der Waals surface area contributed by atoms with Crippen LogP contribution in [0, 0.1) is 6.92 Å². The molecule has 2 N–H and O–H groups in total. The molecule has 32 heavy (non-hydrogen) atoms. The number of aliphatic hydroxyl groups is 1. The van der Waals surface area contributed by atoms with Crippen molar-refractivity contribution in [1.82, 2.24) is 19.7 Å². The van der Waals surface area contributed by atoms with E-state index in [9.17, 15) is 14.7 Å². The molecule has 4 rings (SSSR count). The Morgan fingerprint density at radius 2 is 1.75 bits per heavy atom. The summed E-state index contributed by atoms with van der Waals surface area (Å²) in [5, 5.41) is 15.3. The Balaban J connectivity index is 1.57. The number of nitrogens with one attached hydrogen (secondary N) is 1. The zero-order chi connectivity index (χ0) is 22.8. The molecule has 2 heterocycles. The van der Waals surface area contributed by atoms with Gasteiger partial charge in [-0.3, -0.25) is 9.78 Å². The van der Waals surface area contributed by atoms with E-state index in [2.05, 4.69) is 15.1 Å². The number of rotatable bonds is 5. The maximum absolute atomic E-state index is 12.0. The number of nitrogens with zero attached hydrogens (tertiary/aromatic N) is 3. The van der Waals surface area contributed by atoms with E-state index in [0.717, 1.165) is 33.1 Å². The van der Waals surface area contributed by atoms with E-state index < -0.39 is 17.4 Å². The normalized spacial score (nSPS) is 12.0. The van der Waals surface area contributed by atoms with E-state index in [1.165, 1.54) is 0 Å². The summed E-state index contributed by atoms with van der Waals surface area (Å²) < 4.78 is 1.09. The van der Waals surface area contributed by atoms with E-state index in [4.69, 9.17) is 23.2 Å². The molecule has 0 aliphatic heterocycles. The van der Waals surface area contributed by atoms with Gasteiger partial charge in [-0.25, -0.2) is 9.78 Å². The molecule has 0 bridgehead atoms. The van der Waals surface area contributed by atoms with Crippen LogP contribution in [0.3, 0.4) is 0 Å². The summed E-state index contributed by atoms with van der Waals surface area (Å²) in [7, 11) is 0. The van der Waals surface area contributed by atoms with Crippen molar-refractivity contribution in [2.75, 3.05) is 0 Å². The molecular formula is C23H18Cl2N4O3. The molecule has 1 unspecified atom stereocenters. The number of hydrogen-bond donors (Lipinski definition) is 2. The predicted molar refractivity (Wildman–Crippen MR) is 123 cm³/mol. The van der Waals surface area contributed by atoms with Gasteiger partial charge in [-0.05, 0) is 53.8 Å². The molecule has 162 valence electrons. The first kappa shape index (κ1) is 22.0. The zero-order valence-electron chi connectivity index (χ0n) is 16.9. The van der Waals surface area contributed by atoms with Gasteiger partial charge in [-0.1, -0.05) is 53.5 Å². The van der Waals surface area contributed by atoms with Gasteiger partial charge in [-0.15, -0.1) is 0 Å². The highest BCUT2D eigenvalue weighted by Gasteiger charge is 2.13. The van der Waals surface area contributed by atoms with Crippen LogP contribution in [-0.2, 0) is 6.42 Å². The van der Waals surface area contributed by atoms with Crippen LogP contribution >= 0.6 is 23.2 Å². The molecule has 1 atom stereocenters. The highest BCUT2D eigenvalue weighted by Crippen LogP contribution is 2.27. The molecule has 7 nitrogen and oxygen atoms in total. The van der Waals surface area contributed by atoms with Crippen LogP contribution in [0.2, 0.25) is 10.2 Å². The number of hydrogen-bond acceptors (Lipinski definition) is 5. The smallest absolute Gasteiger partial charge is 0.349 e. The molecular weight excluding hydrogens is 451 g/mol. The van der Waals surface area contributed by atoms with Crippen LogP contribution in [0.4, 0.5) is 0 Å². The van der Waals surface area contributed by atoms with Crippen LogP contribution in [0.5, 0.6) is 0 Å². The summed E-state index contributed by atoms with van der Waals surface area (Å²) in [5.41, 5.74) is 3.45. The second-order valence-electron chi connectivity index (χ2n) is 7.31. The molecule has 0 amide bonds. The Labute approximate surface area is 192 Å². The van der Waals surface area contributed by atoms with Gasteiger partial charge in [-0.2, -0.15) is 9.78 Å². The lowest BCUT2D eigenvalue weighted by Gasteiger charge is -2.14. The van der Waals surface area contributed by atoms with Crippen molar-refractivity contribution < 1.29 is 5.11 Å². The average Bonchev–Trinajstić information content (AvgIpc) is 2.76. The Morgan fingerprint density at radius 1 is 1.03 bits per heavy atom. The second-order valence-corrected chi connectivity index (χ2v) is 8.10. The maximum Gasteiger partial charge on any atom is 0.349 e. The molecule has 0 fully saturated rings. The quantitative estimate of drug-likeness (QED) is 0.435. The number of aryl methyl sites for hydroxylation is 1. The molecule has 0 spiro atoms. The van der Waals surface area contributed by atoms with Gasteiger partial charge < -0.3 is 5.11 Å². The summed E-state index contributed by atoms with van der Waals surface area (Å²) in [6.07, 6.45) is 2.35. The van der Waals surface area contributed by atoms with Gasteiger partial charge in [0.25, 0.3) is 5.56 Å². The second kappa shape index (κ2) is 9.08. The topological polar surface area (TPSA) is 101 Å². The first-order valence-corrected chi connectivity index (χ1v) is 10.4. The Morgan fingerprint density at radius 3 is 2.38 bits per heavy atom. The van der Waals surface area contributed by atoms with E-state index in [-0.39, 0.29) is 0 Å². The van der Waals surface area contributed by atoms with Gasteiger partial charge in [0, 0.05) is 16.8 Å². The first-order valence-electron chi connectivity index (χ1n) is 9.68. The summed E-state index contributed by atoms with van der Waals surface area (Å²) in [5.74, 6) is 0. The molecule has 4 aromatic rings. The van der Waals surface area contributed by atoms with Gasteiger partial charge in [0.1, 0.15) is 17.5 Å². The Bertz CT molecular complexity index is 1360. The van der Waals surface area contributed by atoms with Crippen LogP contribution in [-0.4, -0.2) is 24.9 Å². The number of benzene rings is 2. The Kier molecular flexibility index (Phi) is 6.23. The van der Waals surface area contributed by atoms with Crippen molar-refractivity contribution in [3.05, 3.63) is 120 Å². The third-order valence-corrected chi connectivity index (χ3v) is 5.66. The van der Waals surface area contributed by atoms with E-state index in [1.807, 2.05) is 31.2 Å². The highest BCUT2D eigenvalue weighted by atomic mass is 35.5. The average molecular weight is 469 g/mol. The van der Waals surface area contributed by atoms with Crippen molar-refractivity contribution in [3.63, 3.8) is 0 Å².